The number of nitrogens with zero attached hydrogens (tertiary/aromatic N) is 1. The summed E-state index contributed by atoms with van der Waals surface area (Å²) >= 11 is 0. The van der Waals surface area contributed by atoms with Gasteiger partial charge in [0.25, 0.3) is 6.29 Å². The number of rotatable bonds is 4. The number of aryl methyl sites for hydroxylation is 1. The molecular weight excluding hydrogens is 310 g/mol. The number of ether oxygens (including phenoxy) is 2. The van der Waals surface area contributed by atoms with Crippen LogP contribution in [0, 0.1) is 13.8 Å². The van der Waals surface area contributed by atoms with Crippen molar-refractivity contribution >= 4 is 28.5 Å². The predicted octanol–water partition coefficient (Wildman–Crippen LogP) is 2.99. The summed E-state index contributed by atoms with van der Waals surface area (Å²) in [4.78, 5) is 23.1. The molecule has 1 unspecified atom stereocenters. The van der Waals surface area contributed by atoms with E-state index in [-0.39, 0.29) is 5.70 Å². The zero-order valence-corrected chi connectivity index (χ0v) is 13.6. The number of cyclic esters (lactones) is 1. The van der Waals surface area contributed by atoms with Crippen LogP contribution < -0.4 is 0 Å². The van der Waals surface area contributed by atoms with Crippen molar-refractivity contribution in [2.75, 3.05) is 0 Å². The van der Waals surface area contributed by atoms with E-state index in [1.54, 1.807) is 11.5 Å². The van der Waals surface area contributed by atoms with Crippen molar-refractivity contribution in [1.82, 2.24) is 4.57 Å². The first kappa shape index (κ1) is 15.9. The minimum atomic E-state index is -1.14. The molecule has 0 saturated carbocycles. The summed E-state index contributed by atoms with van der Waals surface area (Å²) in [6, 6.07) is 7.55. The largest absolute Gasteiger partial charge is 0.476 e. The van der Waals surface area contributed by atoms with Crippen LogP contribution in [-0.2, 0) is 19.1 Å². The first-order valence-electron chi connectivity index (χ1n) is 7.45. The molecule has 0 amide bonds. The van der Waals surface area contributed by atoms with Gasteiger partial charge in [0.2, 0.25) is 0 Å². The highest BCUT2D eigenvalue weighted by Crippen LogP contribution is 2.28. The topological polar surface area (TPSA) is 77.8 Å². The summed E-state index contributed by atoms with van der Waals surface area (Å²) in [7, 11) is 0. The van der Waals surface area contributed by atoms with Crippen LogP contribution in [0.5, 0.6) is 0 Å². The minimum Gasteiger partial charge on any atom is -0.476 e. The third kappa shape index (κ3) is 2.56. The van der Waals surface area contributed by atoms with E-state index in [4.69, 9.17) is 9.47 Å². The molecule has 1 aliphatic heterocycles. The molecule has 0 saturated heterocycles. The summed E-state index contributed by atoms with van der Waals surface area (Å²) in [5.74, 6) is -1.60. The maximum atomic E-state index is 11.7. The molecule has 2 aromatic rings. The molecule has 1 aromatic carbocycles. The lowest BCUT2D eigenvalue weighted by Gasteiger charge is -2.12. The molecule has 0 bridgehead atoms. The summed E-state index contributed by atoms with van der Waals surface area (Å²) < 4.78 is 11.9. The number of hydrogen-bond donors (Lipinski definition) is 1. The number of carboxylic acids is 1. The maximum absolute atomic E-state index is 11.7. The second-order valence-electron chi connectivity index (χ2n) is 5.63. The molecule has 1 aromatic heterocycles. The molecule has 24 heavy (non-hydrogen) atoms. The van der Waals surface area contributed by atoms with Crippen molar-refractivity contribution in [1.29, 1.82) is 0 Å². The highest BCUT2D eigenvalue weighted by Gasteiger charge is 2.24. The van der Waals surface area contributed by atoms with E-state index in [0.29, 0.717) is 5.57 Å². The van der Waals surface area contributed by atoms with Gasteiger partial charge in [0.05, 0.1) is 5.52 Å². The van der Waals surface area contributed by atoms with Gasteiger partial charge in [0.1, 0.15) is 6.26 Å². The van der Waals surface area contributed by atoms with Gasteiger partial charge in [-0.25, -0.2) is 9.59 Å². The second-order valence-corrected chi connectivity index (χ2v) is 5.63. The van der Waals surface area contributed by atoms with Crippen molar-refractivity contribution in [3.8, 4) is 0 Å². The number of aromatic nitrogens is 1. The summed E-state index contributed by atoms with van der Waals surface area (Å²) in [5.41, 5.74) is 2.97. The van der Waals surface area contributed by atoms with Gasteiger partial charge in [-0.3, -0.25) is 0 Å². The fourth-order valence-corrected chi connectivity index (χ4v) is 2.74. The Morgan fingerprint density at radius 3 is 2.62 bits per heavy atom. The monoisotopic (exact) mass is 327 g/mol. The van der Waals surface area contributed by atoms with Crippen molar-refractivity contribution in [2.45, 2.75) is 27.1 Å². The number of aliphatic carboxylic acids is 1. The Bertz CT molecular complexity index is 904. The van der Waals surface area contributed by atoms with E-state index in [2.05, 4.69) is 0 Å². The van der Waals surface area contributed by atoms with Gasteiger partial charge in [0.15, 0.2) is 5.70 Å². The van der Waals surface area contributed by atoms with Gasteiger partial charge in [-0.1, -0.05) is 18.2 Å². The number of fused-ring (bicyclic) bond motifs is 1. The molecular formula is C18H17NO5. The number of benzene rings is 1. The summed E-state index contributed by atoms with van der Waals surface area (Å²) in [6.07, 6.45) is 1.72. The highest BCUT2D eigenvalue weighted by molar-refractivity contribution is 6.11. The van der Waals surface area contributed by atoms with E-state index < -0.39 is 18.2 Å². The lowest BCUT2D eigenvalue weighted by Crippen LogP contribution is -2.14. The van der Waals surface area contributed by atoms with Gasteiger partial charge in [-0.05, 0) is 32.4 Å². The number of hydrogen-bond acceptors (Lipinski definition) is 4. The van der Waals surface area contributed by atoms with E-state index in [0.717, 1.165) is 28.4 Å². The molecule has 0 aliphatic carbocycles. The third-order valence-corrected chi connectivity index (χ3v) is 4.13. The first-order chi connectivity index (χ1) is 11.4. The quantitative estimate of drug-likeness (QED) is 0.531. The van der Waals surface area contributed by atoms with Crippen LogP contribution in [0.15, 0.2) is 42.2 Å². The number of carbonyl (C=O) groups is 2. The van der Waals surface area contributed by atoms with E-state index in [9.17, 15) is 14.7 Å². The Morgan fingerprint density at radius 2 is 2.00 bits per heavy atom. The smallest absolute Gasteiger partial charge is 0.356 e. The molecule has 0 radical (unpaired) electrons. The van der Waals surface area contributed by atoms with Crippen molar-refractivity contribution in [3.63, 3.8) is 0 Å². The van der Waals surface area contributed by atoms with Crippen molar-refractivity contribution in [3.05, 3.63) is 53.4 Å². The molecule has 1 N–H and O–H groups in total. The van der Waals surface area contributed by atoms with Crippen LogP contribution in [0.2, 0.25) is 0 Å². The summed E-state index contributed by atoms with van der Waals surface area (Å²) in [6.45, 7) is 5.41. The van der Waals surface area contributed by atoms with Crippen LogP contribution >= 0.6 is 0 Å². The molecule has 1 atom stereocenters. The van der Waals surface area contributed by atoms with Crippen LogP contribution in [0.4, 0.5) is 0 Å². The zero-order chi connectivity index (χ0) is 17.4. The molecule has 1 aliphatic rings. The van der Waals surface area contributed by atoms with Gasteiger partial charge in [-0.15, -0.1) is 0 Å². The van der Waals surface area contributed by atoms with E-state index >= 15 is 0 Å². The van der Waals surface area contributed by atoms with Gasteiger partial charge < -0.3 is 19.1 Å². The molecule has 2 heterocycles. The lowest BCUT2D eigenvalue weighted by atomic mass is 10.2. The average molecular weight is 327 g/mol. The predicted molar refractivity (Wildman–Crippen MR) is 88.0 cm³/mol. The third-order valence-electron chi connectivity index (χ3n) is 4.13. The van der Waals surface area contributed by atoms with E-state index in [1.807, 2.05) is 38.1 Å². The Hall–Kier alpha value is -3.02. The first-order valence-corrected chi connectivity index (χ1v) is 7.45. The number of para-hydroxylation sites is 1. The molecule has 124 valence electrons. The average Bonchev–Trinajstić information content (AvgIpc) is 2.99. The molecule has 0 fully saturated rings. The fraction of sp³-hybridized carbons (Fsp3) is 0.222. The standard InChI is InChI=1S/C18H17NO5/c1-10-8-16(24-18(10)22)23-9-15(17(20)21)19-12(3)11(2)13-6-4-5-7-14(13)19/h4-9,16H,1-3H3,(H,20,21)/b15-9-. The molecule has 6 heteroatoms. The Morgan fingerprint density at radius 1 is 1.29 bits per heavy atom. The Balaban J connectivity index is 2.04. The van der Waals surface area contributed by atoms with Gasteiger partial charge >= 0.3 is 11.9 Å². The number of carbonyl (C=O) groups excluding carboxylic acids is 1. The van der Waals surface area contributed by atoms with Crippen molar-refractivity contribution in [2.24, 2.45) is 0 Å². The fourth-order valence-electron chi connectivity index (χ4n) is 2.74. The zero-order valence-electron chi connectivity index (χ0n) is 13.6. The molecule has 6 nitrogen and oxygen atoms in total. The van der Waals surface area contributed by atoms with Crippen molar-refractivity contribution < 1.29 is 24.2 Å². The minimum absolute atomic E-state index is 0.0502. The second kappa shape index (κ2) is 5.88. The lowest BCUT2D eigenvalue weighted by molar-refractivity contribution is -0.152. The van der Waals surface area contributed by atoms with Gasteiger partial charge in [-0.2, -0.15) is 0 Å². The van der Waals surface area contributed by atoms with Gasteiger partial charge in [0, 0.05) is 22.7 Å². The van der Waals surface area contributed by atoms with Crippen LogP contribution in [0.1, 0.15) is 18.2 Å². The van der Waals surface area contributed by atoms with Crippen LogP contribution in [0.3, 0.4) is 0 Å². The Labute approximate surface area is 138 Å². The summed E-state index contributed by atoms with van der Waals surface area (Å²) in [5, 5.41) is 10.6. The van der Waals surface area contributed by atoms with Crippen LogP contribution in [0.25, 0.3) is 16.6 Å². The SMILES string of the molecule is CC1=CC(O/C=C(/C(=O)O)n2c(C)c(C)c3ccccc32)OC1=O. The highest BCUT2D eigenvalue weighted by atomic mass is 16.7. The van der Waals surface area contributed by atoms with Crippen LogP contribution in [-0.4, -0.2) is 27.9 Å². The Kier molecular flexibility index (Phi) is 3.89. The molecule has 0 spiro atoms. The maximum Gasteiger partial charge on any atom is 0.356 e. The number of carboxylic acid groups (broad SMARTS) is 1. The molecule has 3 rings (SSSR count). The normalized spacial score (nSPS) is 17.8. The number of esters is 1. The van der Waals surface area contributed by atoms with E-state index in [1.165, 1.54) is 6.08 Å².